The number of hydrogen-bond acceptors (Lipinski definition) is 6. The van der Waals surface area contributed by atoms with Gasteiger partial charge in [0.05, 0.1) is 12.8 Å². The van der Waals surface area contributed by atoms with Crippen LogP contribution in [-0.4, -0.2) is 42.0 Å². The van der Waals surface area contributed by atoms with E-state index in [1.54, 1.807) is 43.1 Å². The van der Waals surface area contributed by atoms with Crippen LogP contribution >= 0.6 is 23.1 Å². The topological polar surface area (TPSA) is 80.3 Å². The number of methoxy groups -OCH3 is 1. The number of amides is 2. The lowest BCUT2D eigenvalue weighted by Crippen LogP contribution is -2.44. The summed E-state index contributed by atoms with van der Waals surface area (Å²) in [5, 5.41) is 8.08. The van der Waals surface area contributed by atoms with Crippen molar-refractivity contribution in [3.63, 3.8) is 0 Å². The van der Waals surface area contributed by atoms with E-state index in [4.69, 9.17) is 4.74 Å². The lowest BCUT2D eigenvalue weighted by atomic mass is 10.1. The lowest BCUT2D eigenvalue weighted by molar-refractivity contribution is -0.118. The largest absolute Gasteiger partial charge is 0.497 e. The second kappa shape index (κ2) is 10.8. The molecule has 0 fully saturated rings. The van der Waals surface area contributed by atoms with Gasteiger partial charge in [0.25, 0.3) is 5.91 Å². The maximum atomic E-state index is 12.8. The zero-order valence-electron chi connectivity index (χ0n) is 16.8. The fraction of sp³-hybridized carbons (Fsp3) is 0.227. The number of thiazole rings is 1. The summed E-state index contributed by atoms with van der Waals surface area (Å²) in [6.07, 6.45) is 2.49. The third-order valence-electron chi connectivity index (χ3n) is 4.39. The third-order valence-corrected chi connectivity index (χ3v) is 5.79. The predicted octanol–water partition coefficient (Wildman–Crippen LogP) is 4.31. The van der Waals surface area contributed by atoms with Crippen LogP contribution in [0.2, 0.25) is 0 Å². The molecule has 0 aliphatic carbocycles. The van der Waals surface area contributed by atoms with Gasteiger partial charge in [0.2, 0.25) is 5.91 Å². The van der Waals surface area contributed by atoms with Crippen LogP contribution in [-0.2, 0) is 4.79 Å². The van der Waals surface area contributed by atoms with Gasteiger partial charge in [-0.05, 0) is 42.7 Å². The van der Waals surface area contributed by atoms with Crippen LogP contribution in [0.15, 0.2) is 60.0 Å². The van der Waals surface area contributed by atoms with Crippen molar-refractivity contribution in [2.24, 2.45) is 0 Å². The van der Waals surface area contributed by atoms with Crippen LogP contribution in [0.3, 0.4) is 0 Å². The third kappa shape index (κ3) is 5.84. The molecule has 6 nitrogen and oxygen atoms in total. The first-order chi connectivity index (χ1) is 14.6. The molecule has 0 saturated carbocycles. The highest BCUT2D eigenvalue weighted by atomic mass is 32.2. The summed E-state index contributed by atoms with van der Waals surface area (Å²) in [6.45, 7) is 0. The molecule has 3 aromatic rings. The van der Waals surface area contributed by atoms with Crippen LogP contribution in [0.25, 0.3) is 11.3 Å². The van der Waals surface area contributed by atoms with Gasteiger partial charge in [-0.25, -0.2) is 4.98 Å². The molecule has 156 valence electrons. The molecular weight excluding hydrogens is 418 g/mol. The number of carbonyl (C=O) groups excluding carboxylic acids is 2. The van der Waals surface area contributed by atoms with E-state index in [9.17, 15) is 9.59 Å². The van der Waals surface area contributed by atoms with Crippen LogP contribution < -0.4 is 15.4 Å². The Hall–Kier alpha value is -2.84. The Labute approximate surface area is 184 Å². The van der Waals surface area contributed by atoms with Gasteiger partial charge in [-0.3, -0.25) is 9.59 Å². The number of aromatic nitrogens is 1. The summed E-state index contributed by atoms with van der Waals surface area (Å²) in [6, 6.07) is 15.9. The van der Waals surface area contributed by atoms with Gasteiger partial charge < -0.3 is 15.4 Å². The summed E-state index contributed by atoms with van der Waals surface area (Å²) in [4.78, 5) is 29.9. The van der Waals surface area contributed by atoms with Crippen molar-refractivity contribution >= 4 is 40.0 Å². The smallest absolute Gasteiger partial charge is 0.251 e. The average molecular weight is 442 g/mol. The normalized spacial score (nSPS) is 11.5. The van der Waals surface area contributed by atoms with Gasteiger partial charge in [-0.2, -0.15) is 11.8 Å². The van der Waals surface area contributed by atoms with Crippen molar-refractivity contribution in [1.29, 1.82) is 0 Å². The monoisotopic (exact) mass is 441 g/mol. The van der Waals surface area contributed by atoms with E-state index >= 15 is 0 Å². The Morgan fingerprint density at radius 1 is 1.13 bits per heavy atom. The molecule has 0 spiro atoms. The molecule has 0 aliphatic rings. The molecule has 0 radical (unpaired) electrons. The predicted molar refractivity (Wildman–Crippen MR) is 123 cm³/mol. The SMILES string of the molecule is COc1ccc(C(=O)N[C@@H](CCSC)C(=O)Nc2nc(-c3ccccc3)cs2)cc1. The molecule has 8 heteroatoms. The number of hydrogen-bond donors (Lipinski definition) is 2. The van der Waals surface area contributed by atoms with Crippen molar-refractivity contribution in [3.05, 3.63) is 65.5 Å². The average Bonchev–Trinajstić information content (AvgIpc) is 3.25. The molecule has 2 N–H and O–H groups in total. The molecular formula is C22H23N3O3S2. The molecule has 1 heterocycles. The minimum Gasteiger partial charge on any atom is -0.497 e. The molecule has 1 aromatic heterocycles. The standard InChI is InChI=1S/C22H23N3O3S2/c1-28-17-10-8-16(9-11-17)20(26)23-18(12-13-29-2)21(27)25-22-24-19(14-30-22)15-6-4-3-5-7-15/h3-11,14,18H,12-13H2,1-2H3,(H,23,26)(H,24,25,27)/t18-/m0/s1. The van der Waals surface area contributed by atoms with E-state index in [0.29, 0.717) is 22.9 Å². The van der Waals surface area contributed by atoms with Crippen LogP contribution in [0.5, 0.6) is 5.75 Å². The Morgan fingerprint density at radius 3 is 2.53 bits per heavy atom. The van der Waals surface area contributed by atoms with Gasteiger partial charge in [0.1, 0.15) is 11.8 Å². The highest BCUT2D eigenvalue weighted by molar-refractivity contribution is 7.98. The molecule has 0 aliphatic heterocycles. The maximum absolute atomic E-state index is 12.8. The number of rotatable bonds is 9. The Kier molecular flexibility index (Phi) is 7.87. The van der Waals surface area contributed by atoms with E-state index in [2.05, 4.69) is 15.6 Å². The molecule has 3 rings (SSSR count). The fourth-order valence-electron chi connectivity index (χ4n) is 2.75. The highest BCUT2D eigenvalue weighted by Crippen LogP contribution is 2.24. The molecule has 2 aromatic carbocycles. The van der Waals surface area contributed by atoms with E-state index in [1.807, 2.05) is 42.0 Å². The number of benzene rings is 2. The van der Waals surface area contributed by atoms with Gasteiger partial charge >= 0.3 is 0 Å². The number of nitrogens with zero attached hydrogens (tertiary/aromatic N) is 1. The second-order valence-corrected chi connectivity index (χ2v) is 8.27. The number of anilines is 1. The van der Waals surface area contributed by atoms with Crippen LogP contribution in [0, 0.1) is 0 Å². The molecule has 30 heavy (non-hydrogen) atoms. The van der Waals surface area contributed by atoms with Crippen molar-refractivity contribution in [1.82, 2.24) is 10.3 Å². The minimum absolute atomic E-state index is 0.278. The van der Waals surface area contributed by atoms with Crippen LogP contribution in [0.4, 0.5) is 5.13 Å². The Balaban J connectivity index is 1.67. The summed E-state index contributed by atoms with van der Waals surface area (Å²) in [7, 11) is 1.57. The van der Waals surface area contributed by atoms with Gasteiger partial charge in [0, 0.05) is 16.5 Å². The van der Waals surface area contributed by atoms with Crippen molar-refractivity contribution in [3.8, 4) is 17.0 Å². The zero-order chi connectivity index (χ0) is 21.3. The number of nitrogens with one attached hydrogen (secondary N) is 2. The first-order valence-corrected chi connectivity index (χ1v) is 11.6. The number of thioether (sulfide) groups is 1. The van der Waals surface area contributed by atoms with Crippen LogP contribution in [0.1, 0.15) is 16.8 Å². The fourth-order valence-corrected chi connectivity index (χ4v) is 3.95. The number of carbonyl (C=O) groups is 2. The summed E-state index contributed by atoms with van der Waals surface area (Å²) < 4.78 is 5.12. The van der Waals surface area contributed by atoms with E-state index in [-0.39, 0.29) is 11.8 Å². The first-order valence-electron chi connectivity index (χ1n) is 9.36. The Bertz CT molecular complexity index is 975. The lowest BCUT2D eigenvalue weighted by Gasteiger charge is -2.17. The van der Waals surface area contributed by atoms with Crippen molar-refractivity contribution in [2.45, 2.75) is 12.5 Å². The van der Waals surface area contributed by atoms with E-state index < -0.39 is 6.04 Å². The summed E-state index contributed by atoms with van der Waals surface area (Å²) >= 11 is 2.98. The maximum Gasteiger partial charge on any atom is 0.251 e. The second-order valence-electron chi connectivity index (χ2n) is 6.43. The van der Waals surface area contributed by atoms with Gasteiger partial charge in [-0.15, -0.1) is 11.3 Å². The highest BCUT2D eigenvalue weighted by Gasteiger charge is 2.22. The quantitative estimate of drug-likeness (QED) is 0.517. The molecule has 0 unspecified atom stereocenters. The Morgan fingerprint density at radius 2 is 1.87 bits per heavy atom. The minimum atomic E-state index is -0.656. The van der Waals surface area contributed by atoms with Crippen molar-refractivity contribution in [2.75, 3.05) is 24.4 Å². The summed E-state index contributed by atoms with van der Waals surface area (Å²) in [5.74, 6) is 0.831. The first kappa shape index (κ1) is 21.9. The van der Waals surface area contributed by atoms with E-state index in [1.165, 1.54) is 11.3 Å². The molecule has 2 amide bonds. The zero-order valence-corrected chi connectivity index (χ0v) is 18.4. The molecule has 0 bridgehead atoms. The van der Waals surface area contributed by atoms with E-state index in [0.717, 1.165) is 17.0 Å². The summed E-state index contributed by atoms with van der Waals surface area (Å²) in [5.41, 5.74) is 2.26. The van der Waals surface area contributed by atoms with Gasteiger partial charge in [-0.1, -0.05) is 30.3 Å². The van der Waals surface area contributed by atoms with Crippen molar-refractivity contribution < 1.29 is 14.3 Å². The number of ether oxygens (including phenoxy) is 1. The van der Waals surface area contributed by atoms with Gasteiger partial charge in [0.15, 0.2) is 5.13 Å². The molecule has 0 saturated heterocycles. The molecule has 1 atom stereocenters.